The first-order valence-electron chi connectivity index (χ1n) is 6.24. The van der Waals surface area contributed by atoms with Gasteiger partial charge in [-0.1, -0.05) is 0 Å². The van der Waals surface area contributed by atoms with Crippen molar-refractivity contribution in [3.05, 3.63) is 0 Å². The standard InChI is InChI=1S/C11H21NO3.C2H4O2/c1-8(13)15-9-6-10(2,3)12(14)11(4,5)7-9;1-2(3)4/h9,14H,6-7H2,1-5H3;1H3,(H,3,4). The summed E-state index contributed by atoms with van der Waals surface area (Å²) in [6, 6.07) is 0. The summed E-state index contributed by atoms with van der Waals surface area (Å²) in [5.74, 6) is -1.09. The molecule has 0 bridgehead atoms. The van der Waals surface area contributed by atoms with Crippen LogP contribution in [0.2, 0.25) is 0 Å². The zero-order valence-electron chi connectivity index (χ0n) is 12.6. The van der Waals surface area contributed by atoms with Gasteiger partial charge in [0.15, 0.2) is 0 Å². The Balaban J connectivity index is 0.000000711. The van der Waals surface area contributed by atoms with E-state index in [1.165, 1.54) is 12.0 Å². The number of aliphatic carboxylic acids is 1. The van der Waals surface area contributed by atoms with Gasteiger partial charge in [-0.15, -0.1) is 0 Å². The summed E-state index contributed by atoms with van der Waals surface area (Å²) in [5, 5.41) is 18.8. The molecule has 0 aromatic rings. The molecule has 19 heavy (non-hydrogen) atoms. The van der Waals surface area contributed by atoms with Gasteiger partial charge in [-0.25, -0.2) is 0 Å². The minimum atomic E-state index is -0.833. The first kappa shape index (κ1) is 17.9. The molecule has 1 aliphatic rings. The van der Waals surface area contributed by atoms with Crippen LogP contribution in [0.4, 0.5) is 0 Å². The maximum Gasteiger partial charge on any atom is 0.302 e. The largest absolute Gasteiger partial charge is 0.481 e. The Hall–Kier alpha value is -1.14. The van der Waals surface area contributed by atoms with E-state index in [2.05, 4.69) is 0 Å². The Labute approximate surface area is 114 Å². The number of nitrogens with zero attached hydrogens (tertiary/aromatic N) is 1. The molecule has 0 spiro atoms. The second-order valence-corrected chi connectivity index (χ2v) is 6.10. The summed E-state index contributed by atoms with van der Waals surface area (Å²) in [5.41, 5.74) is -0.719. The van der Waals surface area contributed by atoms with Crippen molar-refractivity contribution in [3.63, 3.8) is 0 Å². The van der Waals surface area contributed by atoms with Gasteiger partial charge in [-0.2, -0.15) is 5.06 Å². The monoisotopic (exact) mass is 275 g/mol. The maximum atomic E-state index is 10.9. The Morgan fingerprint density at radius 1 is 1.11 bits per heavy atom. The molecule has 0 unspecified atom stereocenters. The van der Waals surface area contributed by atoms with Crippen molar-refractivity contribution in [2.24, 2.45) is 0 Å². The zero-order chi connectivity index (χ0) is 15.4. The third-order valence-electron chi connectivity index (χ3n) is 2.93. The van der Waals surface area contributed by atoms with E-state index >= 15 is 0 Å². The van der Waals surface area contributed by atoms with E-state index in [1.807, 2.05) is 27.7 Å². The number of esters is 1. The summed E-state index contributed by atoms with van der Waals surface area (Å²) in [7, 11) is 0. The van der Waals surface area contributed by atoms with Crippen molar-refractivity contribution in [1.82, 2.24) is 5.06 Å². The predicted octanol–water partition coefficient (Wildman–Crippen LogP) is 2.05. The zero-order valence-corrected chi connectivity index (χ0v) is 12.6. The third-order valence-corrected chi connectivity index (χ3v) is 2.93. The highest BCUT2D eigenvalue weighted by atomic mass is 16.5. The molecule has 1 heterocycles. The maximum absolute atomic E-state index is 10.9. The molecule has 1 fully saturated rings. The number of rotatable bonds is 1. The van der Waals surface area contributed by atoms with Gasteiger partial charge in [0.25, 0.3) is 5.97 Å². The molecule has 6 nitrogen and oxygen atoms in total. The summed E-state index contributed by atoms with van der Waals surface area (Å²) in [6.45, 7) is 10.3. The average Bonchev–Trinajstić information content (AvgIpc) is 2.10. The lowest BCUT2D eigenvalue weighted by Gasteiger charge is -2.50. The minimum Gasteiger partial charge on any atom is -0.481 e. The molecule has 0 atom stereocenters. The number of hydrogen-bond donors (Lipinski definition) is 2. The lowest BCUT2D eigenvalue weighted by molar-refractivity contribution is -0.259. The molecule has 0 amide bonds. The van der Waals surface area contributed by atoms with E-state index in [0.29, 0.717) is 12.8 Å². The summed E-state index contributed by atoms with van der Waals surface area (Å²) < 4.78 is 5.23. The van der Waals surface area contributed by atoms with Crippen LogP contribution in [0.1, 0.15) is 54.4 Å². The number of carbonyl (C=O) groups is 2. The van der Waals surface area contributed by atoms with Crippen LogP contribution in [0, 0.1) is 0 Å². The van der Waals surface area contributed by atoms with Crippen LogP contribution in [0.5, 0.6) is 0 Å². The highest BCUT2D eigenvalue weighted by Crippen LogP contribution is 2.37. The molecule has 6 heteroatoms. The van der Waals surface area contributed by atoms with E-state index in [4.69, 9.17) is 14.6 Å². The minimum absolute atomic E-state index is 0.101. The topological polar surface area (TPSA) is 87.1 Å². The van der Waals surface area contributed by atoms with E-state index in [1.54, 1.807) is 0 Å². The van der Waals surface area contributed by atoms with Gasteiger partial charge in [0.1, 0.15) is 6.10 Å². The van der Waals surface area contributed by atoms with Crippen LogP contribution in [0.15, 0.2) is 0 Å². The van der Waals surface area contributed by atoms with E-state index in [0.717, 1.165) is 6.92 Å². The van der Waals surface area contributed by atoms with E-state index in [-0.39, 0.29) is 23.2 Å². The Morgan fingerprint density at radius 3 is 1.68 bits per heavy atom. The summed E-state index contributed by atoms with van der Waals surface area (Å²) >= 11 is 0. The third kappa shape index (κ3) is 6.02. The number of ether oxygens (including phenoxy) is 1. The molecule has 0 aromatic carbocycles. The number of piperidine rings is 1. The van der Waals surface area contributed by atoms with Gasteiger partial charge in [-0.05, 0) is 27.7 Å². The quantitative estimate of drug-likeness (QED) is 0.712. The number of hydrogen-bond acceptors (Lipinski definition) is 5. The fraction of sp³-hybridized carbons (Fsp3) is 0.846. The molecule has 112 valence electrons. The van der Waals surface area contributed by atoms with Gasteiger partial charge in [0.2, 0.25) is 0 Å². The van der Waals surface area contributed by atoms with Crippen LogP contribution in [0.25, 0.3) is 0 Å². The highest BCUT2D eigenvalue weighted by Gasteiger charge is 2.46. The van der Waals surface area contributed by atoms with E-state index in [9.17, 15) is 10.0 Å². The molecular weight excluding hydrogens is 250 g/mol. The number of hydroxylamine groups is 2. The Bertz CT molecular complexity index is 316. The lowest BCUT2D eigenvalue weighted by Crippen LogP contribution is -2.60. The molecule has 0 saturated carbocycles. The number of carboxylic acid groups (broad SMARTS) is 1. The molecule has 1 aliphatic heterocycles. The average molecular weight is 275 g/mol. The lowest BCUT2D eigenvalue weighted by atomic mass is 9.80. The molecule has 0 aliphatic carbocycles. The second-order valence-electron chi connectivity index (χ2n) is 6.10. The molecule has 0 aromatic heterocycles. The van der Waals surface area contributed by atoms with Gasteiger partial charge in [0, 0.05) is 37.8 Å². The SMILES string of the molecule is CC(=O)O.CC(=O)OC1CC(C)(C)N(O)C(C)(C)C1. The molecule has 2 N–H and O–H groups in total. The summed E-state index contributed by atoms with van der Waals surface area (Å²) in [4.78, 5) is 19.9. The molecular formula is C13H25NO5. The first-order chi connectivity index (χ1) is 8.38. The highest BCUT2D eigenvalue weighted by molar-refractivity contribution is 5.66. The van der Waals surface area contributed by atoms with Crippen molar-refractivity contribution in [2.75, 3.05) is 0 Å². The Morgan fingerprint density at radius 2 is 1.42 bits per heavy atom. The van der Waals surface area contributed by atoms with Crippen molar-refractivity contribution in [2.45, 2.75) is 71.6 Å². The van der Waals surface area contributed by atoms with Crippen LogP contribution in [-0.4, -0.2) is 44.5 Å². The smallest absolute Gasteiger partial charge is 0.302 e. The Kier molecular flexibility index (Phi) is 5.96. The van der Waals surface area contributed by atoms with Crippen LogP contribution < -0.4 is 0 Å². The summed E-state index contributed by atoms with van der Waals surface area (Å²) in [6.07, 6.45) is 1.22. The van der Waals surface area contributed by atoms with Crippen molar-refractivity contribution < 1.29 is 24.6 Å². The first-order valence-corrected chi connectivity index (χ1v) is 6.24. The molecule has 0 radical (unpaired) electrons. The van der Waals surface area contributed by atoms with Crippen molar-refractivity contribution in [3.8, 4) is 0 Å². The van der Waals surface area contributed by atoms with Gasteiger partial charge in [0.05, 0.1) is 0 Å². The van der Waals surface area contributed by atoms with Gasteiger partial charge in [-0.3, -0.25) is 9.59 Å². The second kappa shape index (κ2) is 6.34. The van der Waals surface area contributed by atoms with Crippen molar-refractivity contribution in [1.29, 1.82) is 0 Å². The number of carboxylic acids is 1. The predicted molar refractivity (Wildman–Crippen MR) is 69.9 cm³/mol. The van der Waals surface area contributed by atoms with E-state index < -0.39 is 5.97 Å². The fourth-order valence-electron chi connectivity index (χ4n) is 2.50. The van der Waals surface area contributed by atoms with Crippen LogP contribution >= 0.6 is 0 Å². The normalized spacial score (nSPS) is 22.1. The molecule has 1 rings (SSSR count). The van der Waals surface area contributed by atoms with Crippen molar-refractivity contribution >= 4 is 11.9 Å². The van der Waals surface area contributed by atoms with Gasteiger partial charge < -0.3 is 15.1 Å². The van der Waals surface area contributed by atoms with Gasteiger partial charge >= 0.3 is 5.97 Å². The van der Waals surface area contributed by atoms with Crippen LogP contribution in [0.3, 0.4) is 0 Å². The fourth-order valence-corrected chi connectivity index (χ4v) is 2.50. The number of carbonyl (C=O) groups excluding carboxylic acids is 1. The molecule has 1 saturated heterocycles. The van der Waals surface area contributed by atoms with Crippen LogP contribution in [-0.2, 0) is 14.3 Å².